The number of benzene rings is 2. The maximum Gasteiger partial charge on any atom is 0.339 e. The lowest BCUT2D eigenvalue weighted by Crippen LogP contribution is -2.21. The van der Waals surface area contributed by atoms with Crippen LogP contribution in [-0.2, 0) is 14.3 Å². The van der Waals surface area contributed by atoms with Gasteiger partial charge in [-0.3, -0.25) is 9.59 Å². The van der Waals surface area contributed by atoms with Crippen molar-refractivity contribution in [1.82, 2.24) is 0 Å². The van der Waals surface area contributed by atoms with Crippen molar-refractivity contribution in [2.24, 2.45) is 0 Å². The second kappa shape index (κ2) is 11.1. The lowest BCUT2D eigenvalue weighted by Gasteiger charge is -2.10. The first kappa shape index (κ1) is 23.7. The number of carbonyl (C=O) groups is 4. The smallest absolute Gasteiger partial charge is 0.339 e. The molecule has 1 amide bonds. The molecule has 0 aliphatic carbocycles. The SMILES string of the molecule is CCCOC(=O)c1cc(NC(=O)COC(=O)c2ccc(-c3ccc(C=O)o3)cc2)ccc1Cl. The minimum Gasteiger partial charge on any atom is -0.462 e. The fourth-order valence-corrected chi connectivity index (χ4v) is 2.98. The van der Waals surface area contributed by atoms with E-state index in [0.29, 0.717) is 29.7 Å². The lowest BCUT2D eigenvalue weighted by molar-refractivity contribution is -0.119. The monoisotopic (exact) mass is 469 g/mol. The molecule has 0 fully saturated rings. The fraction of sp³-hybridized carbons (Fsp3) is 0.167. The predicted molar refractivity (Wildman–Crippen MR) is 120 cm³/mol. The minimum absolute atomic E-state index is 0.122. The first-order chi connectivity index (χ1) is 15.9. The van der Waals surface area contributed by atoms with Gasteiger partial charge in [0.25, 0.3) is 5.91 Å². The zero-order chi connectivity index (χ0) is 23.8. The van der Waals surface area contributed by atoms with Crippen LogP contribution < -0.4 is 5.32 Å². The van der Waals surface area contributed by atoms with E-state index in [0.717, 1.165) is 0 Å². The molecule has 0 saturated heterocycles. The van der Waals surface area contributed by atoms with Crippen LogP contribution in [0.25, 0.3) is 11.3 Å². The first-order valence-electron chi connectivity index (χ1n) is 10.0. The average molecular weight is 470 g/mol. The molecule has 1 N–H and O–H groups in total. The van der Waals surface area contributed by atoms with Gasteiger partial charge in [0.05, 0.1) is 22.8 Å². The van der Waals surface area contributed by atoms with Gasteiger partial charge in [-0.05, 0) is 48.9 Å². The van der Waals surface area contributed by atoms with Gasteiger partial charge >= 0.3 is 11.9 Å². The van der Waals surface area contributed by atoms with E-state index in [2.05, 4.69) is 5.32 Å². The van der Waals surface area contributed by atoms with Crippen molar-refractivity contribution in [3.63, 3.8) is 0 Å². The summed E-state index contributed by atoms with van der Waals surface area (Å²) in [6, 6.07) is 13.9. The minimum atomic E-state index is -0.690. The first-order valence-corrected chi connectivity index (χ1v) is 10.4. The Balaban J connectivity index is 1.55. The molecule has 33 heavy (non-hydrogen) atoms. The number of amides is 1. The summed E-state index contributed by atoms with van der Waals surface area (Å²) in [6.07, 6.45) is 1.26. The van der Waals surface area contributed by atoms with Crippen LogP contribution in [0.5, 0.6) is 0 Å². The molecule has 1 aromatic heterocycles. The summed E-state index contributed by atoms with van der Waals surface area (Å²) in [5.41, 5.74) is 1.34. The normalized spacial score (nSPS) is 10.4. The van der Waals surface area contributed by atoms with Crippen LogP contribution in [0.3, 0.4) is 0 Å². The summed E-state index contributed by atoms with van der Waals surface area (Å²) >= 11 is 6.03. The van der Waals surface area contributed by atoms with Crippen LogP contribution in [0, 0.1) is 0 Å². The molecule has 0 bridgehead atoms. The molecule has 3 rings (SSSR count). The number of halogens is 1. The largest absolute Gasteiger partial charge is 0.462 e. The Morgan fingerprint density at radius 3 is 2.42 bits per heavy atom. The van der Waals surface area contributed by atoms with Crippen LogP contribution in [-0.4, -0.2) is 37.3 Å². The Kier molecular flexibility index (Phi) is 7.99. The highest BCUT2D eigenvalue weighted by molar-refractivity contribution is 6.33. The summed E-state index contributed by atoms with van der Waals surface area (Å²) in [4.78, 5) is 47.2. The molecule has 2 aromatic carbocycles. The molecule has 0 unspecified atom stereocenters. The Hall–Kier alpha value is -3.91. The van der Waals surface area contributed by atoms with Crippen LogP contribution >= 0.6 is 11.6 Å². The van der Waals surface area contributed by atoms with Crippen LogP contribution in [0.1, 0.15) is 44.6 Å². The van der Waals surface area contributed by atoms with E-state index in [1.165, 1.54) is 30.3 Å². The van der Waals surface area contributed by atoms with E-state index in [1.54, 1.807) is 24.3 Å². The topological polar surface area (TPSA) is 112 Å². The lowest BCUT2D eigenvalue weighted by atomic mass is 10.1. The Bertz CT molecular complexity index is 1170. The number of rotatable bonds is 9. The van der Waals surface area contributed by atoms with Gasteiger partial charge in [-0.1, -0.05) is 30.7 Å². The second-order valence-electron chi connectivity index (χ2n) is 6.85. The molecular weight excluding hydrogens is 450 g/mol. The van der Waals surface area contributed by atoms with Crippen LogP contribution in [0.4, 0.5) is 5.69 Å². The van der Waals surface area contributed by atoms with Crippen molar-refractivity contribution in [1.29, 1.82) is 0 Å². The van der Waals surface area contributed by atoms with Gasteiger partial charge in [0, 0.05) is 11.3 Å². The number of ether oxygens (including phenoxy) is 2. The molecular formula is C24H20ClNO7. The zero-order valence-corrected chi connectivity index (χ0v) is 18.4. The Labute approximate surface area is 194 Å². The van der Waals surface area contributed by atoms with E-state index in [1.807, 2.05) is 6.92 Å². The molecule has 9 heteroatoms. The summed E-state index contributed by atoms with van der Waals surface area (Å²) in [7, 11) is 0. The quantitative estimate of drug-likeness (QED) is 0.354. The van der Waals surface area contributed by atoms with Gasteiger partial charge in [0.1, 0.15) is 5.76 Å². The highest BCUT2D eigenvalue weighted by Crippen LogP contribution is 2.23. The van der Waals surface area contributed by atoms with E-state index < -0.39 is 24.5 Å². The summed E-state index contributed by atoms with van der Waals surface area (Å²) in [5.74, 6) is -1.19. The van der Waals surface area contributed by atoms with Gasteiger partial charge in [-0.25, -0.2) is 9.59 Å². The number of aldehydes is 1. The molecule has 0 radical (unpaired) electrons. The molecule has 0 aliphatic heterocycles. The van der Waals surface area contributed by atoms with Crippen molar-refractivity contribution >= 4 is 41.4 Å². The fourth-order valence-electron chi connectivity index (χ4n) is 2.79. The maximum absolute atomic E-state index is 12.2. The Morgan fingerprint density at radius 2 is 1.76 bits per heavy atom. The van der Waals surface area contributed by atoms with Crippen LogP contribution in [0.15, 0.2) is 59.0 Å². The number of furan rings is 1. The number of carbonyl (C=O) groups excluding carboxylic acids is 4. The zero-order valence-electron chi connectivity index (χ0n) is 17.6. The number of hydrogen-bond acceptors (Lipinski definition) is 7. The van der Waals surface area contributed by atoms with Crippen molar-refractivity contribution in [2.45, 2.75) is 13.3 Å². The van der Waals surface area contributed by atoms with Gasteiger partial charge < -0.3 is 19.2 Å². The summed E-state index contributed by atoms with van der Waals surface area (Å²) in [6.45, 7) is 1.59. The third-order valence-electron chi connectivity index (χ3n) is 4.39. The standard InChI is InChI=1S/C24H20ClNO7/c1-2-11-31-24(30)19-12-17(7-9-20(19)25)26-22(28)14-32-23(29)16-5-3-15(4-6-16)21-10-8-18(13-27)33-21/h3-10,12-13H,2,11,14H2,1H3,(H,26,28). The molecule has 0 atom stereocenters. The van der Waals surface area contributed by atoms with Crippen molar-refractivity contribution in [3.05, 3.63) is 76.5 Å². The summed E-state index contributed by atoms with van der Waals surface area (Å²) < 4.78 is 15.4. The van der Waals surface area contributed by atoms with E-state index >= 15 is 0 Å². The van der Waals surface area contributed by atoms with Gasteiger partial charge in [0.2, 0.25) is 0 Å². The van der Waals surface area contributed by atoms with E-state index in [4.69, 9.17) is 25.5 Å². The second-order valence-corrected chi connectivity index (χ2v) is 7.26. The number of anilines is 1. The molecule has 3 aromatic rings. The van der Waals surface area contributed by atoms with Crippen molar-refractivity contribution < 1.29 is 33.1 Å². The highest BCUT2D eigenvalue weighted by Gasteiger charge is 2.15. The Morgan fingerprint density at radius 1 is 1.00 bits per heavy atom. The third kappa shape index (κ3) is 6.30. The van der Waals surface area contributed by atoms with Crippen LogP contribution in [0.2, 0.25) is 5.02 Å². The van der Waals surface area contributed by atoms with E-state index in [-0.39, 0.29) is 28.5 Å². The van der Waals surface area contributed by atoms with Gasteiger partial charge in [0.15, 0.2) is 18.7 Å². The number of hydrogen-bond donors (Lipinski definition) is 1. The maximum atomic E-state index is 12.2. The molecule has 0 aliphatic rings. The number of nitrogens with one attached hydrogen (secondary N) is 1. The highest BCUT2D eigenvalue weighted by atomic mass is 35.5. The summed E-state index contributed by atoms with van der Waals surface area (Å²) in [5, 5.41) is 2.74. The molecule has 170 valence electrons. The van der Waals surface area contributed by atoms with Gasteiger partial charge in [-0.15, -0.1) is 0 Å². The average Bonchev–Trinajstić information content (AvgIpc) is 3.31. The molecule has 8 nitrogen and oxygen atoms in total. The predicted octanol–water partition coefficient (Wildman–Crippen LogP) is 4.77. The van der Waals surface area contributed by atoms with Gasteiger partial charge in [-0.2, -0.15) is 0 Å². The third-order valence-corrected chi connectivity index (χ3v) is 4.72. The van der Waals surface area contributed by atoms with Crippen molar-refractivity contribution in [2.75, 3.05) is 18.5 Å². The van der Waals surface area contributed by atoms with E-state index in [9.17, 15) is 19.2 Å². The molecule has 1 heterocycles. The number of esters is 2. The molecule has 0 spiro atoms. The molecule has 0 saturated carbocycles. The van der Waals surface area contributed by atoms with Crippen molar-refractivity contribution in [3.8, 4) is 11.3 Å².